The molecule has 0 fully saturated rings. The van der Waals surface area contributed by atoms with Crippen molar-refractivity contribution in [3.05, 3.63) is 28.5 Å². The Bertz CT molecular complexity index is 268. The van der Waals surface area contributed by atoms with Crippen LogP contribution in [0.15, 0.2) is 22.9 Å². The summed E-state index contributed by atoms with van der Waals surface area (Å²) in [5.41, 5.74) is 7.10. The van der Waals surface area contributed by atoms with Crippen molar-refractivity contribution in [1.82, 2.24) is 4.98 Å². The Morgan fingerprint density at radius 3 is 2.79 bits per heavy atom. The third-order valence-electron chi connectivity index (χ3n) is 2.02. The number of halogens is 2. The first-order valence-corrected chi connectivity index (χ1v) is 5.39. The van der Waals surface area contributed by atoms with Gasteiger partial charge in [0.2, 0.25) is 0 Å². The fourth-order valence-electron chi connectivity index (χ4n) is 1.22. The van der Waals surface area contributed by atoms with E-state index in [4.69, 9.17) is 5.73 Å². The third kappa shape index (κ3) is 4.40. The van der Waals surface area contributed by atoms with Gasteiger partial charge in [-0.1, -0.05) is 19.8 Å². The highest BCUT2D eigenvalue weighted by Gasteiger charge is 2.05. The maximum Gasteiger partial charge on any atom is 0.0410 e. The molecule has 1 aromatic rings. The molecule has 0 unspecified atom stereocenters. The average molecular weight is 280 g/mol. The Labute approximate surface area is 99.8 Å². The number of aromatic nitrogens is 1. The zero-order valence-electron chi connectivity index (χ0n) is 8.24. The van der Waals surface area contributed by atoms with Gasteiger partial charge in [0, 0.05) is 22.9 Å². The molecule has 0 radical (unpaired) electrons. The van der Waals surface area contributed by atoms with Gasteiger partial charge < -0.3 is 5.73 Å². The summed E-state index contributed by atoms with van der Waals surface area (Å²) in [6.45, 7) is 2.17. The molecule has 0 aliphatic rings. The number of nitrogens with two attached hydrogens (primary N) is 1. The van der Waals surface area contributed by atoms with E-state index in [0.717, 1.165) is 16.5 Å². The van der Waals surface area contributed by atoms with Crippen LogP contribution in [0.2, 0.25) is 0 Å². The summed E-state index contributed by atoms with van der Waals surface area (Å²) in [6, 6.07) is 2.16. The lowest BCUT2D eigenvalue weighted by Crippen LogP contribution is -2.10. The minimum atomic E-state index is 0. The van der Waals surface area contributed by atoms with Crippen molar-refractivity contribution in [2.75, 3.05) is 0 Å². The summed E-state index contributed by atoms with van der Waals surface area (Å²) in [5, 5.41) is 0. The van der Waals surface area contributed by atoms with Gasteiger partial charge in [0.1, 0.15) is 0 Å². The molecule has 0 aromatic carbocycles. The summed E-state index contributed by atoms with van der Waals surface area (Å²) in [7, 11) is 0. The highest BCUT2D eigenvalue weighted by molar-refractivity contribution is 9.10. The Morgan fingerprint density at radius 1 is 1.50 bits per heavy atom. The van der Waals surface area contributed by atoms with Crippen LogP contribution >= 0.6 is 28.3 Å². The van der Waals surface area contributed by atoms with Crippen molar-refractivity contribution in [3.63, 3.8) is 0 Å². The highest BCUT2D eigenvalue weighted by Crippen LogP contribution is 2.18. The minimum absolute atomic E-state index is 0. The van der Waals surface area contributed by atoms with Crippen molar-refractivity contribution in [2.24, 2.45) is 5.73 Å². The summed E-state index contributed by atoms with van der Waals surface area (Å²) >= 11 is 3.38. The summed E-state index contributed by atoms with van der Waals surface area (Å²) in [6.07, 6.45) is 7.01. The molecule has 0 aliphatic carbocycles. The van der Waals surface area contributed by atoms with Crippen LogP contribution in [0, 0.1) is 0 Å². The number of hydrogen-bond acceptors (Lipinski definition) is 2. The number of nitrogens with zero attached hydrogens (tertiary/aromatic N) is 1. The van der Waals surface area contributed by atoms with Gasteiger partial charge in [0.25, 0.3) is 0 Å². The molecule has 1 aromatic heterocycles. The van der Waals surface area contributed by atoms with Gasteiger partial charge in [-0.3, -0.25) is 4.98 Å². The Balaban J connectivity index is 0.00000169. The van der Waals surface area contributed by atoms with E-state index in [9.17, 15) is 0 Å². The normalized spacial score (nSPS) is 11.9. The molecule has 0 saturated carbocycles. The third-order valence-corrected chi connectivity index (χ3v) is 2.46. The van der Waals surface area contributed by atoms with Crippen molar-refractivity contribution >= 4 is 28.3 Å². The topological polar surface area (TPSA) is 38.9 Å². The first-order valence-electron chi connectivity index (χ1n) is 4.60. The van der Waals surface area contributed by atoms with E-state index >= 15 is 0 Å². The molecule has 0 aliphatic heterocycles. The average Bonchev–Trinajstić information content (AvgIpc) is 2.14. The molecule has 0 spiro atoms. The Hall–Kier alpha value is -0.120. The molecule has 0 amide bonds. The van der Waals surface area contributed by atoms with E-state index in [1.54, 1.807) is 6.20 Å². The molecule has 0 bridgehead atoms. The van der Waals surface area contributed by atoms with Crippen LogP contribution in [0.25, 0.3) is 0 Å². The van der Waals surface area contributed by atoms with E-state index in [1.165, 1.54) is 12.8 Å². The molecular formula is C10H16BrClN2. The second-order valence-corrected chi connectivity index (χ2v) is 4.10. The SMILES string of the molecule is CCCC[C@@H](N)c1cncc(Br)c1.Cl. The molecule has 1 heterocycles. The van der Waals surface area contributed by atoms with Crippen molar-refractivity contribution in [1.29, 1.82) is 0 Å². The van der Waals surface area contributed by atoms with E-state index in [1.807, 2.05) is 12.3 Å². The molecule has 0 saturated heterocycles. The lowest BCUT2D eigenvalue weighted by atomic mass is 10.0. The molecule has 2 nitrogen and oxygen atoms in total. The van der Waals surface area contributed by atoms with E-state index < -0.39 is 0 Å². The van der Waals surface area contributed by atoms with Crippen LogP contribution in [0.1, 0.15) is 37.8 Å². The first kappa shape index (κ1) is 13.9. The highest BCUT2D eigenvalue weighted by atomic mass is 79.9. The second-order valence-electron chi connectivity index (χ2n) is 3.19. The van der Waals surface area contributed by atoms with E-state index in [2.05, 4.69) is 27.8 Å². The largest absolute Gasteiger partial charge is 0.324 e. The predicted molar refractivity (Wildman–Crippen MR) is 65.6 cm³/mol. The van der Waals surface area contributed by atoms with Crippen LogP contribution in [0.3, 0.4) is 0 Å². The molecular weight excluding hydrogens is 263 g/mol. The second kappa shape index (κ2) is 7.21. The quantitative estimate of drug-likeness (QED) is 0.917. The van der Waals surface area contributed by atoms with Gasteiger partial charge in [0.15, 0.2) is 0 Å². The number of pyridine rings is 1. The molecule has 4 heteroatoms. The maximum atomic E-state index is 5.99. The van der Waals surface area contributed by atoms with Crippen LogP contribution in [0.4, 0.5) is 0 Å². The smallest absolute Gasteiger partial charge is 0.0410 e. The van der Waals surface area contributed by atoms with Gasteiger partial charge in [0.05, 0.1) is 0 Å². The lowest BCUT2D eigenvalue weighted by Gasteiger charge is -2.10. The van der Waals surface area contributed by atoms with Gasteiger partial charge in [-0.15, -0.1) is 12.4 Å². The Kier molecular flexibility index (Phi) is 7.15. The van der Waals surface area contributed by atoms with Gasteiger partial charge in [-0.25, -0.2) is 0 Å². The first-order chi connectivity index (χ1) is 6.24. The van der Waals surface area contributed by atoms with Gasteiger partial charge >= 0.3 is 0 Å². The van der Waals surface area contributed by atoms with Crippen LogP contribution < -0.4 is 5.73 Å². The molecule has 14 heavy (non-hydrogen) atoms. The van der Waals surface area contributed by atoms with Crippen molar-refractivity contribution in [2.45, 2.75) is 32.2 Å². The molecule has 1 rings (SSSR count). The predicted octanol–water partition coefficient (Wildman–Crippen LogP) is 3.46. The van der Waals surface area contributed by atoms with Gasteiger partial charge in [-0.05, 0) is 34.0 Å². The summed E-state index contributed by atoms with van der Waals surface area (Å²) < 4.78 is 0.997. The summed E-state index contributed by atoms with van der Waals surface area (Å²) in [4.78, 5) is 4.09. The van der Waals surface area contributed by atoms with E-state index in [0.29, 0.717) is 0 Å². The minimum Gasteiger partial charge on any atom is -0.324 e. The monoisotopic (exact) mass is 278 g/mol. The van der Waals surface area contributed by atoms with E-state index in [-0.39, 0.29) is 18.4 Å². The molecule has 2 N–H and O–H groups in total. The molecule has 80 valence electrons. The van der Waals surface area contributed by atoms with Crippen LogP contribution in [0.5, 0.6) is 0 Å². The van der Waals surface area contributed by atoms with Crippen LogP contribution in [-0.4, -0.2) is 4.98 Å². The van der Waals surface area contributed by atoms with Crippen molar-refractivity contribution < 1.29 is 0 Å². The number of unbranched alkanes of at least 4 members (excludes halogenated alkanes) is 1. The fourth-order valence-corrected chi connectivity index (χ4v) is 1.60. The maximum absolute atomic E-state index is 5.99. The zero-order chi connectivity index (χ0) is 9.68. The Morgan fingerprint density at radius 2 is 2.21 bits per heavy atom. The van der Waals surface area contributed by atoms with Crippen molar-refractivity contribution in [3.8, 4) is 0 Å². The number of rotatable bonds is 4. The fraction of sp³-hybridized carbons (Fsp3) is 0.500. The summed E-state index contributed by atoms with van der Waals surface area (Å²) in [5.74, 6) is 0. The number of hydrogen-bond donors (Lipinski definition) is 1. The standard InChI is InChI=1S/C10H15BrN2.ClH/c1-2-3-4-10(12)8-5-9(11)7-13-6-8;/h5-7,10H,2-4,12H2,1H3;1H/t10-;/m1./s1. The van der Waals surface area contributed by atoms with Crippen LogP contribution in [-0.2, 0) is 0 Å². The van der Waals surface area contributed by atoms with Gasteiger partial charge in [-0.2, -0.15) is 0 Å². The molecule has 1 atom stereocenters. The zero-order valence-corrected chi connectivity index (χ0v) is 10.6. The lowest BCUT2D eigenvalue weighted by molar-refractivity contribution is 0.601.